The molecule has 0 amide bonds. The van der Waals surface area contributed by atoms with Crippen LogP contribution in [0.4, 0.5) is 5.69 Å². The number of aliphatic hydroxyl groups is 1. The molecular formula is C10H10N2O5. The second kappa shape index (κ2) is 5.59. The van der Waals surface area contributed by atoms with Gasteiger partial charge in [-0.15, -0.1) is 0 Å². The van der Waals surface area contributed by atoms with E-state index in [1.165, 1.54) is 18.3 Å². The lowest BCUT2D eigenvalue weighted by Crippen LogP contribution is -2.07. The fourth-order valence-electron chi connectivity index (χ4n) is 1.07. The van der Waals surface area contributed by atoms with Gasteiger partial charge in [-0.3, -0.25) is 10.1 Å². The normalized spacial score (nSPS) is 11.0. The summed E-state index contributed by atoms with van der Waals surface area (Å²) in [4.78, 5) is 24.8. The average molecular weight is 238 g/mol. The van der Waals surface area contributed by atoms with Gasteiger partial charge < -0.3 is 9.84 Å². The Hall–Kier alpha value is -2.44. The summed E-state index contributed by atoms with van der Waals surface area (Å²) in [5, 5.41) is 20.0. The van der Waals surface area contributed by atoms with Crippen LogP contribution in [0.25, 0.3) is 6.08 Å². The number of esters is 1. The van der Waals surface area contributed by atoms with E-state index >= 15 is 0 Å². The number of carbonyl (C=O) groups excluding carboxylic acids is 1. The van der Waals surface area contributed by atoms with Crippen LogP contribution in [-0.2, 0) is 9.53 Å². The van der Waals surface area contributed by atoms with Crippen molar-refractivity contribution in [2.75, 3.05) is 6.61 Å². The van der Waals surface area contributed by atoms with Crippen molar-refractivity contribution < 1.29 is 19.6 Å². The minimum Gasteiger partial charge on any atom is -0.502 e. The molecule has 1 rings (SSSR count). The largest absolute Gasteiger partial charge is 0.502 e. The smallest absolute Gasteiger partial charge is 0.373 e. The highest BCUT2D eigenvalue weighted by Gasteiger charge is 2.15. The van der Waals surface area contributed by atoms with E-state index in [2.05, 4.69) is 9.72 Å². The molecule has 0 spiro atoms. The van der Waals surface area contributed by atoms with Gasteiger partial charge in [0, 0.05) is 18.3 Å². The molecule has 0 aliphatic heterocycles. The molecule has 1 aromatic rings. The molecule has 1 aromatic heterocycles. The maximum atomic E-state index is 11.1. The zero-order chi connectivity index (χ0) is 12.8. The predicted molar refractivity (Wildman–Crippen MR) is 58.1 cm³/mol. The van der Waals surface area contributed by atoms with Gasteiger partial charge in [0.2, 0.25) is 5.76 Å². The number of ether oxygens (including phenoxy) is 1. The highest BCUT2D eigenvalue weighted by atomic mass is 16.6. The Balaban J connectivity index is 3.05. The van der Waals surface area contributed by atoms with Gasteiger partial charge in [0.15, 0.2) is 0 Å². The summed E-state index contributed by atoms with van der Waals surface area (Å²) in [6.45, 7) is 1.68. The van der Waals surface area contributed by atoms with Crippen molar-refractivity contribution in [3.05, 3.63) is 39.9 Å². The van der Waals surface area contributed by atoms with E-state index in [0.29, 0.717) is 0 Å². The van der Waals surface area contributed by atoms with Crippen LogP contribution in [0.2, 0.25) is 0 Å². The van der Waals surface area contributed by atoms with Crippen LogP contribution >= 0.6 is 0 Å². The van der Waals surface area contributed by atoms with Crippen molar-refractivity contribution in [3.63, 3.8) is 0 Å². The van der Waals surface area contributed by atoms with E-state index in [1.54, 1.807) is 6.92 Å². The van der Waals surface area contributed by atoms with E-state index in [4.69, 9.17) is 0 Å². The lowest BCUT2D eigenvalue weighted by Gasteiger charge is -2.00. The molecule has 17 heavy (non-hydrogen) atoms. The molecule has 0 atom stereocenters. The Labute approximate surface area is 96.5 Å². The Morgan fingerprint density at radius 3 is 3.00 bits per heavy atom. The first-order valence-electron chi connectivity index (χ1n) is 4.73. The summed E-state index contributed by atoms with van der Waals surface area (Å²) in [6.07, 6.45) is 2.22. The van der Waals surface area contributed by atoms with Crippen molar-refractivity contribution in [2.45, 2.75) is 6.92 Å². The molecule has 90 valence electrons. The molecule has 0 saturated carbocycles. The molecule has 0 fully saturated rings. The van der Waals surface area contributed by atoms with Crippen LogP contribution in [0.1, 0.15) is 12.6 Å². The zero-order valence-electron chi connectivity index (χ0n) is 8.99. The molecule has 0 saturated heterocycles. The fourth-order valence-corrected chi connectivity index (χ4v) is 1.07. The van der Waals surface area contributed by atoms with Gasteiger partial charge >= 0.3 is 5.97 Å². The minimum atomic E-state index is -0.951. The lowest BCUT2D eigenvalue weighted by molar-refractivity contribution is -0.385. The molecule has 1 heterocycles. The van der Waals surface area contributed by atoms with Gasteiger partial charge in [-0.05, 0) is 13.0 Å². The van der Waals surface area contributed by atoms with Crippen molar-refractivity contribution in [3.8, 4) is 0 Å². The summed E-state index contributed by atoms with van der Waals surface area (Å²) in [6, 6.07) is 2.61. The molecule has 0 unspecified atom stereocenters. The molecule has 0 aromatic carbocycles. The Morgan fingerprint density at radius 1 is 1.71 bits per heavy atom. The van der Waals surface area contributed by atoms with Gasteiger partial charge in [-0.25, -0.2) is 9.78 Å². The topological polar surface area (TPSA) is 103 Å². The first-order valence-corrected chi connectivity index (χ1v) is 4.73. The van der Waals surface area contributed by atoms with Crippen LogP contribution in [0, 0.1) is 10.1 Å². The monoisotopic (exact) mass is 238 g/mol. The molecular weight excluding hydrogens is 228 g/mol. The first kappa shape index (κ1) is 12.6. The quantitative estimate of drug-likeness (QED) is 0.280. The third kappa shape index (κ3) is 3.26. The minimum absolute atomic E-state index is 0.0983. The summed E-state index contributed by atoms with van der Waals surface area (Å²) in [7, 11) is 0. The van der Waals surface area contributed by atoms with Crippen molar-refractivity contribution >= 4 is 17.7 Å². The summed E-state index contributed by atoms with van der Waals surface area (Å²) >= 11 is 0. The van der Waals surface area contributed by atoms with Crippen molar-refractivity contribution in [1.29, 1.82) is 0 Å². The van der Waals surface area contributed by atoms with Gasteiger partial charge in [0.05, 0.1) is 11.5 Å². The van der Waals surface area contributed by atoms with Crippen molar-refractivity contribution in [1.82, 2.24) is 4.98 Å². The van der Waals surface area contributed by atoms with Crippen LogP contribution in [-0.4, -0.2) is 27.6 Å². The molecule has 1 N–H and O–H groups in total. The number of hydrogen-bond acceptors (Lipinski definition) is 6. The van der Waals surface area contributed by atoms with Crippen LogP contribution in [0.3, 0.4) is 0 Å². The number of hydrogen-bond donors (Lipinski definition) is 1. The third-order valence-electron chi connectivity index (χ3n) is 1.77. The molecule has 0 radical (unpaired) electrons. The van der Waals surface area contributed by atoms with E-state index in [9.17, 15) is 20.0 Å². The van der Waals surface area contributed by atoms with Crippen LogP contribution in [0.5, 0.6) is 0 Å². The SMILES string of the molecule is CCOC(=O)/C(O)=C\c1ncccc1[N+](=O)[O-]. The number of pyridine rings is 1. The number of nitro groups is 1. The van der Waals surface area contributed by atoms with Gasteiger partial charge in [-0.1, -0.05) is 0 Å². The number of rotatable bonds is 4. The highest BCUT2D eigenvalue weighted by molar-refractivity contribution is 5.91. The van der Waals surface area contributed by atoms with E-state index < -0.39 is 16.7 Å². The Kier molecular flexibility index (Phi) is 4.15. The average Bonchev–Trinajstić information content (AvgIpc) is 2.29. The number of carbonyl (C=O) groups is 1. The van der Waals surface area contributed by atoms with Crippen LogP contribution < -0.4 is 0 Å². The maximum absolute atomic E-state index is 11.1. The predicted octanol–water partition coefficient (Wildman–Crippen LogP) is 1.45. The fraction of sp³-hybridized carbons (Fsp3) is 0.200. The summed E-state index contributed by atoms with van der Waals surface area (Å²) in [5.41, 5.74) is -0.411. The van der Waals surface area contributed by atoms with Gasteiger partial charge in [-0.2, -0.15) is 0 Å². The van der Waals surface area contributed by atoms with Crippen molar-refractivity contribution in [2.24, 2.45) is 0 Å². The van der Waals surface area contributed by atoms with E-state index in [1.807, 2.05) is 0 Å². The first-order chi connectivity index (χ1) is 8.06. The zero-order valence-corrected chi connectivity index (χ0v) is 8.99. The van der Waals surface area contributed by atoms with Gasteiger partial charge in [0.1, 0.15) is 5.69 Å². The lowest BCUT2D eigenvalue weighted by atomic mass is 10.2. The number of nitrogens with zero attached hydrogens (tertiary/aromatic N) is 2. The molecule has 0 aliphatic rings. The number of aromatic nitrogens is 1. The van der Waals surface area contributed by atoms with Gasteiger partial charge in [0.25, 0.3) is 5.69 Å². The molecule has 7 heteroatoms. The van der Waals surface area contributed by atoms with E-state index in [-0.39, 0.29) is 18.0 Å². The Morgan fingerprint density at radius 2 is 2.41 bits per heavy atom. The summed E-state index contributed by atoms with van der Waals surface area (Å²) < 4.78 is 4.52. The maximum Gasteiger partial charge on any atom is 0.373 e. The number of aliphatic hydroxyl groups excluding tert-OH is 1. The van der Waals surface area contributed by atoms with Crippen LogP contribution in [0.15, 0.2) is 24.1 Å². The third-order valence-corrected chi connectivity index (χ3v) is 1.77. The molecule has 7 nitrogen and oxygen atoms in total. The summed E-state index contributed by atoms with van der Waals surface area (Å²) in [5.74, 6) is -1.68. The molecule has 0 bridgehead atoms. The molecule has 0 aliphatic carbocycles. The van der Waals surface area contributed by atoms with E-state index in [0.717, 1.165) is 6.08 Å². The highest BCUT2D eigenvalue weighted by Crippen LogP contribution is 2.17. The second-order valence-electron chi connectivity index (χ2n) is 2.91. The second-order valence-corrected chi connectivity index (χ2v) is 2.91. The Bertz CT molecular complexity index is 470. The standard InChI is InChI=1S/C10H10N2O5/c1-2-17-10(14)9(13)6-7-8(12(15)16)4-3-5-11-7/h3-6,13H,2H2,1H3/b9-6+.